The van der Waals surface area contributed by atoms with Gasteiger partial charge in [-0.2, -0.15) is 0 Å². The number of carbonyl (C=O) groups excluding carboxylic acids is 2. The Hall–Kier alpha value is -2.47. The number of fused-ring (bicyclic) bond motifs is 1. The molecule has 2 heterocycles. The molecule has 0 atom stereocenters. The van der Waals surface area contributed by atoms with E-state index in [1.807, 2.05) is 24.3 Å². The number of para-hydroxylation sites is 1. The Kier molecular flexibility index (Phi) is 3.08. The number of piperazine rings is 1. The largest absolute Gasteiger partial charge is 0.352 e. The summed E-state index contributed by atoms with van der Waals surface area (Å²) in [4.78, 5) is 29.3. The molecule has 2 amide bonds. The van der Waals surface area contributed by atoms with Crippen LogP contribution in [0.15, 0.2) is 30.5 Å². The number of hydrogen-bond acceptors (Lipinski definition) is 5. The number of nitrogens with zero attached hydrogens (tertiary/aromatic N) is 2. The summed E-state index contributed by atoms with van der Waals surface area (Å²) in [6, 6.07) is 7.62. The van der Waals surface area contributed by atoms with Gasteiger partial charge in [0.15, 0.2) is 0 Å². The van der Waals surface area contributed by atoms with Crippen LogP contribution in [0.5, 0.6) is 0 Å². The Morgan fingerprint density at radius 2 is 1.90 bits per heavy atom. The van der Waals surface area contributed by atoms with Crippen LogP contribution in [0.1, 0.15) is 5.56 Å². The van der Waals surface area contributed by atoms with Crippen LogP contribution in [0.3, 0.4) is 0 Å². The second-order valence-corrected chi connectivity index (χ2v) is 4.68. The fourth-order valence-electron chi connectivity index (χ4n) is 2.49. The first-order valence-electron chi connectivity index (χ1n) is 6.33. The molecule has 102 valence electrons. The minimum absolute atomic E-state index is 0.146. The molecule has 20 heavy (non-hydrogen) atoms. The highest BCUT2D eigenvalue weighted by atomic mass is 16.2. The molecule has 0 radical (unpaired) electrons. The predicted octanol–water partition coefficient (Wildman–Crippen LogP) is 0.156. The molecule has 1 saturated heterocycles. The third-order valence-corrected chi connectivity index (χ3v) is 3.31. The standard InChI is InChI=1S/C14H14N4O2/c15-5-9-6-16-11-4-2-1-3-10(11)14(9)18-7-12(19)17-13(20)8-18/h1-4,6H,5,7-8,15H2,(H,17,19,20). The number of aromatic nitrogens is 1. The molecule has 1 fully saturated rings. The Bertz CT molecular complexity index is 683. The van der Waals surface area contributed by atoms with Crippen molar-refractivity contribution in [3.05, 3.63) is 36.0 Å². The van der Waals surface area contributed by atoms with Crippen LogP contribution < -0.4 is 16.0 Å². The monoisotopic (exact) mass is 270 g/mol. The third kappa shape index (κ3) is 2.10. The second kappa shape index (κ2) is 4.90. The van der Waals surface area contributed by atoms with Crippen molar-refractivity contribution in [2.75, 3.05) is 18.0 Å². The highest BCUT2D eigenvalue weighted by Gasteiger charge is 2.25. The molecule has 3 rings (SSSR count). The van der Waals surface area contributed by atoms with Crippen molar-refractivity contribution in [2.24, 2.45) is 5.73 Å². The van der Waals surface area contributed by atoms with Gasteiger partial charge in [0, 0.05) is 23.7 Å². The van der Waals surface area contributed by atoms with E-state index in [2.05, 4.69) is 10.3 Å². The van der Waals surface area contributed by atoms with Crippen LogP contribution in [0.4, 0.5) is 5.69 Å². The van der Waals surface area contributed by atoms with Crippen LogP contribution in [-0.2, 0) is 16.1 Å². The summed E-state index contributed by atoms with van der Waals surface area (Å²) < 4.78 is 0. The third-order valence-electron chi connectivity index (χ3n) is 3.31. The number of amides is 2. The van der Waals surface area contributed by atoms with Gasteiger partial charge in [-0.3, -0.25) is 19.9 Å². The summed E-state index contributed by atoms with van der Waals surface area (Å²) in [5, 5.41) is 3.20. The molecule has 0 spiro atoms. The fourth-order valence-corrected chi connectivity index (χ4v) is 2.49. The summed E-state index contributed by atoms with van der Waals surface area (Å²) in [6.07, 6.45) is 1.70. The van der Waals surface area contributed by atoms with Gasteiger partial charge in [-0.25, -0.2) is 0 Å². The van der Waals surface area contributed by atoms with Gasteiger partial charge in [0.05, 0.1) is 24.3 Å². The Morgan fingerprint density at radius 3 is 2.60 bits per heavy atom. The molecule has 0 bridgehead atoms. The van der Waals surface area contributed by atoms with Gasteiger partial charge in [-0.1, -0.05) is 18.2 Å². The molecule has 6 heteroatoms. The van der Waals surface area contributed by atoms with E-state index in [-0.39, 0.29) is 24.9 Å². The van der Waals surface area contributed by atoms with E-state index >= 15 is 0 Å². The number of benzene rings is 1. The van der Waals surface area contributed by atoms with Gasteiger partial charge in [0.1, 0.15) is 0 Å². The number of pyridine rings is 1. The van der Waals surface area contributed by atoms with E-state index in [0.29, 0.717) is 6.54 Å². The lowest BCUT2D eigenvalue weighted by atomic mass is 10.1. The number of rotatable bonds is 2. The molecular weight excluding hydrogens is 256 g/mol. The maximum Gasteiger partial charge on any atom is 0.246 e. The molecule has 6 nitrogen and oxygen atoms in total. The molecule has 1 aromatic heterocycles. The molecule has 0 aliphatic carbocycles. The van der Waals surface area contributed by atoms with Gasteiger partial charge >= 0.3 is 0 Å². The topological polar surface area (TPSA) is 88.3 Å². The first-order chi connectivity index (χ1) is 9.69. The second-order valence-electron chi connectivity index (χ2n) is 4.68. The van der Waals surface area contributed by atoms with Crippen LogP contribution in [-0.4, -0.2) is 29.9 Å². The van der Waals surface area contributed by atoms with E-state index in [1.54, 1.807) is 11.1 Å². The predicted molar refractivity (Wildman–Crippen MR) is 75.0 cm³/mol. The number of anilines is 1. The van der Waals surface area contributed by atoms with Crippen LogP contribution in [0, 0.1) is 0 Å². The lowest BCUT2D eigenvalue weighted by Gasteiger charge is -2.30. The maximum absolute atomic E-state index is 11.6. The van der Waals surface area contributed by atoms with Crippen molar-refractivity contribution in [3.63, 3.8) is 0 Å². The van der Waals surface area contributed by atoms with E-state index in [9.17, 15) is 9.59 Å². The van der Waals surface area contributed by atoms with E-state index in [4.69, 9.17) is 5.73 Å². The summed E-state index contributed by atoms with van der Waals surface area (Å²) in [7, 11) is 0. The Morgan fingerprint density at radius 1 is 1.20 bits per heavy atom. The molecule has 1 aromatic carbocycles. The maximum atomic E-state index is 11.6. The van der Waals surface area contributed by atoms with Crippen molar-refractivity contribution in [1.29, 1.82) is 0 Å². The number of nitrogens with two attached hydrogens (primary N) is 1. The molecule has 0 unspecified atom stereocenters. The zero-order chi connectivity index (χ0) is 14.1. The normalized spacial score (nSPS) is 15.6. The fraction of sp³-hybridized carbons (Fsp3) is 0.214. The van der Waals surface area contributed by atoms with Crippen LogP contribution in [0.25, 0.3) is 10.9 Å². The molecule has 1 aliphatic rings. The SMILES string of the molecule is NCc1cnc2ccccc2c1N1CC(=O)NC(=O)C1. The molecule has 3 N–H and O–H groups in total. The smallest absolute Gasteiger partial charge is 0.246 e. The molecular formula is C14H14N4O2. The zero-order valence-electron chi connectivity index (χ0n) is 10.8. The van der Waals surface area contributed by atoms with Crippen LogP contribution in [0.2, 0.25) is 0 Å². The number of nitrogens with one attached hydrogen (secondary N) is 1. The van der Waals surface area contributed by atoms with E-state index in [0.717, 1.165) is 22.2 Å². The number of hydrogen-bond donors (Lipinski definition) is 2. The van der Waals surface area contributed by atoms with Gasteiger partial charge in [0.25, 0.3) is 0 Å². The molecule has 2 aromatic rings. The van der Waals surface area contributed by atoms with Crippen molar-refractivity contribution in [2.45, 2.75) is 6.54 Å². The van der Waals surface area contributed by atoms with Gasteiger partial charge < -0.3 is 10.6 Å². The Balaban J connectivity index is 2.17. The van der Waals surface area contributed by atoms with Crippen molar-refractivity contribution < 1.29 is 9.59 Å². The van der Waals surface area contributed by atoms with Gasteiger partial charge in [-0.05, 0) is 6.07 Å². The minimum Gasteiger partial charge on any atom is -0.352 e. The van der Waals surface area contributed by atoms with Crippen molar-refractivity contribution in [1.82, 2.24) is 10.3 Å². The first-order valence-corrected chi connectivity index (χ1v) is 6.33. The summed E-state index contributed by atoms with van der Waals surface area (Å²) >= 11 is 0. The zero-order valence-corrected chi connectivity index (χ0v) is 10.8. The first kappa shape index (κ1) is 12.6. The van der Waals surface area contributed by atoms with Crippen molar-refractivity contribution in [3.8, 4) is 0 Å². The lowest BCUT2D eigenvalue weighted by Crippen LogP contribution is -2.51. The van der Waals surface area contributed by atoms with E-state index < -0.39 is 0 Å². The number of imide groups is 1. The van der Waals surface area contributed by atoms with Gasteiger partial charge in [0.2, 0.25) is 11.8 Å². The van der Waals surface area contributed by atoms with Crippen LogP contribution >= 0.6 is 0 Å². The summed E-state index contributed by atoms with van der Waals surface area (Å²) in [5.74, 6) is -0.602. The van der Waals surface area contributed by atoms with E-state index in [1.165, 1.54) is 0 Å². The highest BCUT2D eigenvalue weighted by Crippen LogP contribution is 2.29. The minimum atomic E-state index is -0.301. The molecule has 1 aliphatic heterocycles. The quantitative estimate of drug-likeness (QED) is 0.759. The average Bonchev–Trinajstić information content (AvgIpc) is 2.45. The van der Waals surface area contributed by atoms with Crippen molar-refractivity contribution >= 4 is 28.4 Å². The molecule has 0 saturated carbocycles. The Labute approximate surface area is 115 Å². The van der Waals surface area contributed by atoms with Gasteiger partial charge in [-0.15, -0.1) is 0 Å². The lowest BCUT2D eigenvalue weighted by molar-refractivity contribution is -0.130. The highest BCUT2D eigenvalue weighted by molar-refractivity contribution is 6.05. The summed E-state index contributed by atoms with van der Waals surface area (Å²) in [6.45, 7) is 0.596. The number of carbonyl (C=O) groups is 2. The average molecular weight is 270 g/mol. The summed E-state index contributed by atoms with van der Waals surface area (Å²) in [5.41, 5.74) is 8.23.